The first-order valence-corrected chi connectivity index (χ1v) is 5.81. The number of hydrogen-bond donors (Lipinski definition) is 1. The van der Waals surface area contributed by atoms with Crippen molar-refractivity contribution < 1.29 is 4.79 Å². The number of aromatic nitrogens is 2. The van der Waals surface area contributed by atoms with Gasteiger partial charge in [0, 0.05) is 18.8 Å². The molecule has 1 saturated heterocycles. The van der Waals surface area contributed by atoms with Crippen LogP contribution in [0.25, 0.3) is 0 Å². The molecule has 1 aliphatic rings. The first-order valence-electron chi connectivity index (χ1n) is 5.81. The summed E-state index contributed by atoms with van der Waals surface area (Å²) in [6, 6.07) is 1.80. The lowest BCUT2D eigenvalue weighted by Crippen LogP contribution is -2.38. The molecule has 2 heterocycles. The summed E-state index contributed by atoms with van der Waals surface area (Å²) in [6.07, 6.45) is 3.11. The standard InChI is InChI=1S/C12H18N3O/c1-3-10-4-6-15(7-5-10)12(16)11-8-9(2)13-14-11/h8,10H,1,3-7H2,2H3,(H,13,14). The monoisotopic (exact) mass is 220 g/mol. The number of hydrogen-bond acceptors (Lipinski definition) is 2. The SMILES string of the molecule is [CH2]CC1CCN(C(=O)c2cc(C)[nH]n2)CC1. The molecule has 1 amide bonds. The summed E-state index contributed by atoms with van der Waals surface area (Å²) >= 11 is 0. The average Bonchev–Trinajstić information content (AvgIpc) is 2.75. The quantitative estimate of drug-likeness (QED) is 0.826. The van der Waals surface area contributed by atoms with Gasteiger partial charge in [-0.15, -0.1) is 0 Å². The van der Waals surface area contributed by atoms with Crippen LogP contribution in [0.2, 0.25) is 0 Å². The maximum absolute atomic E-state index is 12.0. The van der Waals surface area contributed by atoms with E-state index in [0.29, 0.717) is 11.6 Å². The molecule has 1 N–H and O–H groups in total. The van der Waals surface area contributed by atoms with Crippen molar-refractivity contribution in [2.75, 3.05) is 13.1 Å². The van der Waals surface area contributed by atoms with Crippen LogP contribution in [0.4, 0.5) is 0 Å². The van der Waals surface area contributed by atoms with Crippen LogP contribution >= 0.6 is 0 Å². The van der Waals surface area contributed by atoms with Gasteiger partial charge in [-0.2, -0.15) is 5.10 Å². The summed E-state index contributed by atoms with van der Waals surface area (Å²) in [7, 11) is 0. The van der Waals surface area contributed by atoms with E-state index in [1.165, 1.54) is 0 Å². The van der Waals surface area contributed by atoms with Crippen molar-refractivity contribution in [3.8, 4) is 0 Å². The van der Waals surface area contributed by atoms with Gasteiger partial charge < -0.3 is 4.90 Å². The zero-order chi connectivity index (χ0) is 11.5. The van der Waals surface area contributed by atoms with E-state index in [-0.39, 0.29) is 5.91 Å². The highest BCUT2D eigenvalue weighted by molar-refractivity contribution is 5.92. The molecular weight excluding hydrogens is 202 g/mol. The molecule has 4 nitrogen and oxygen atoms in total. The number of nitrogens with one attached hydrogen (secondary N) is 1. The second-order valence-corrected chi connectivity index (χ2v) is 4.46. The Morgan fingerprint density at radius 3 is 2.81 bits per heavy atom. The Hall–Kier alpha value is -1.32. The molecule has 0 saturated carbocycles. The molecule has 16 heavy (non-hydrogen) atoms. The number of rotatable bonds is 2. The Kier molecular flexibility index (Phi) is 3.27. The fraction of sp³-hybridized carbons (Fsp3) is 0.583. The summed E-state index contributed by atoms with van der Waals surface area (Å²) in [4.78, 5) is 13.9. The van der Waals surface area contributed by atoms with E-state index >= 15 is 0 Å². The molecule has 1 fully saturated rings. The number of piperidine rings is 1. The summed E-state index contributed by atoms with van der Waals surface area (Å²) in [6.45, 7) is 7.50. The molecular formula is C12H18N3O. The Morgan fingerprint density at radius 2 is 2.31 bits per heavy atom. The normalized spacial score (nSPS) is 17.8. The van der Waals surface area contributed by atoms with E-state index < -0.39 is 0 Å². The Balaban J connectivity index is 1.96. The van der Waals surface area contributed by atoms with Gasteiger partial charge in [0.25, 0.3) is 5.91 Å². The first kappa shape index (κ1) is 11.2. The number of nitrogens with zero attached hydrogens (tertiary/aromatic N) is 2. The highest BCUT2D eigenvalue weighted by Crippen LogP contribution is 2.20. The third kappa shape index (κ3) is 2.26. The number of aryl methyl sites for hydroxylation is 1. The fourth-order valence-corrected chi connectivity index (χ4v) is 2.11. The summed E-state index contributed by atoms with van der Waals surface area (Å²) in [5.41, 5.74) is 1.46. The van der Waals surface area contributed by atoms with Crippen LogP contribution in [0, 0.1) is 19.8 Å². The third-order valence-electron chi connectivity index (χ3n) is 3.24. The van der Waals surface area contributed by atoms with Gasteiger partial charge in [0.15, 0.2) is 0 Å². The highest BCUT2D eigenvalue weighted by atomic mass is 16.2. The van der Waals surface area contributed by atoms with Gasteiger partial charge in [0.05, 0.1) is 0 Å². The third-order valence-corrected chi connectivity index (χ3v) is 3.24. The maximum Gasteiger partial charge on any atom is 0.274 e. The molecule has 2 rings (SSSR count). The van der Waals surface area contributed by atoms with Crippen LogP contribution in [0.3, 0.4) is 0 Å². The zero-order valence-corrected chi connectivity index (χ0v) is 9.70. The Morgan fingerprint density at radius 1 is 1.62 bits per heavy atom. The van der Waals surface area contributed by atoms with Crippen LogP contribution < -0.4 is 0 Å². The van der Waals surface area contributed by atoms with Crippen molar-refractivity contribution in [2.45, 2.75) is 26.2 Å². The Labute approximate surface area is 96.0 Å². The van der Waals surface area contributed by atoms with Crippen LogP contribution in [0.5, 0.6) is 0 Å². The van der Waals surface area contributed by atoms with Gasteiger partial charge in [0.1, 0.15) is 5.69 Å². The molecule has 87 valence electrons. The fourth-order valence-electron chi connectivity index (χ4n) is 2.11. The van der Waals surface area contributed by atoms with Crippen LogP contribution in [-0.2, 0) is 0 Å². The second kappa shape index (κ2) is 4.68. The van der Waals surface area contributed by atoms with Crippen molar-refractivity contribution in [3.05, 3.63) is 24.4 Å². The lowest BCUT2D eigenvalue weighted by atomic mass is 9.94. The van der Waals surface area contributed by atoms with Gasteiger partial charge in [-0.25, -0.2) is 0 Å². The zero-order valence-electron chi connectivity index (χ0n) is 9.70. The van der Waals surface area contributed by atoms with E-state index in [0.717, 1.165) is 38.0 Å². The van der Waals surface area contributed by atoms with Gasteiger partial charge >= 0.3 is 0 Å². The molecule has 0 aromatic carbocycles. The maximum atomic E-state index is 12.0. The topological polar surface area (TPSA) is 49.0 Å². The van der Waals surface area contributed by atoms with Crippen molar-refractivity contribution in [3.63, 3.8) is 0 Å². The smallest absolute Gasteiger partial charge is 0.274 e. The van der Waals surface area contributed by atoms with Gasteiger partial charge in [-0.3, -0.25) is 9.89 Å². The van der Waals surface area contributed by atoms with Gasteiger partial charge in [-0.05, 0) is 31.7 Å². The molecule has 0 bridgehead atoms. The number of carbonyl (C=O) groups is 1. The largest absolute Gasteiger partial charge is 0.337 e. The number of carbonyl (C=O) groups excluding carboxylic acids is 1. The Bertz CT molecular complexity index is 364. The molecule has 0 unspecified atom stereocenters. The molecule has 0 spiro atoms. The van der Waals surface area contributed by atoms with Gasteiger partial charge in [0.2, 0.25) is 0 Å². The minimum Gasteiger partial charge on any atom is -0.337 e. The van der Waals surface area contributed by atoms with E-state index in [9.17, 15) is 4.79 Å². The number of amides is 1. The molecule has 1 aliphatic heterocycles. The predicted octanol–water partition coefficient (Wildman–Crippen LogP) is 1.79. The lowest BCUT2D eigenvalue weighted by Gasteiger charge is -2.30. The minimum absolute atomic E-state index is 0.0480. The minimum atomic E-state index is 0.0480. The first-order chi connectivity index (χ1) is 7.70. The lowest BCUT2D eigenvalue weighted by molar-refractivity contribution is 0.0685. The predicted molar refractivity (Wildman–Crippen MR) is 61.9 cm³/mol. The van der Waals surface area contributed by atoms with Crippen molar-refractivity contribution in [1.29, 1.82) is 0 Å². The second-order valence-electron chi connectivity index (χ2n) is 4.46. The van der Waals surface area contributed by atoms with E-state index in [4.69, 9.17) is 0 Å². The van der Waals surface area contributed by atoms with E-state index in [2.05, 4.69) is 17.1 Å². The summed E-state index contributed by atoms with van der Waals surface area (Å²) < 4.78 is 0. The molecule has 1 radical (unpaired) electrons. The molecule has 0 aliphatic carbocycles. The van der Waals surface area contributed by atoms with E-state index in [1.54, 1.807) is 6.07 Å². The number of H-pyrrole nitrogens is 1. The van der Waals surface area contributed by atoms with Crippen LogP contribution in [0.15, 0.2) is 6.07 Å². The van der Waals surface area contributed by atoms with Crippen LogP contribution in [-0.4, -0.2) is 34.1 Å². The van der Waals surface area contributed by atoms with Crippen molar-refractivity contribution >= 4 is 5.91 Å². The average molecular weight is 220 g/mol. The molecule has 4 heteroatoms. The van der Waals surface area contributed by atoms with Crippen molar-refractivity contribution in [1.82, 2.24) is 15.1 Å². The summed E-state index contributed by atoms with van der Waals surface area (Å²) in [5, 5.41) is 6.80. The van der Waals surface area contributed by atoms with Crippen molar-refractivity contribution in [2.24, 2.45) is 5.92 Å². The molecule has 1 aromatic heterocycles. The van der Waals surface area contributed by atoms with Crippen LogP contribution in [0.1, 0.15) is 35.4 Å². The van der Waals surface area contributed by atoms with Gasteiger partial charge in [-0.1, -0.05) is 13.3 Å². The number of aromatic amines is 1. The summed E-state index contributed by atoms with van der Waals surface area (Å²) in [5.74, 6) is 0.733. The number of likely N-dealkylation sites (tertiary alicyclic amines) is 1. The molecule has 0 atom stereocenters. The highest BCUT2D eigenvalue weighted by Gasteiger charge is 2.23. The molecule has 1 aromatic rings. The van der Waals surface area contributed by atoms with E-state index in [1.807, 2.05) is 11.8 Å².